The Hall–Kier alpha value is -3.62. The summed E-state index contributed by atoms with van der Waals surface area (Å²) in [4.78, 5) is 42.0. The number of ether oxygens (including phenoxy) is 1. The van der Waals surface area contributed by atoms with Crippen LogP contribution in [0.4, 0.5) is 11.4 Å². The van der Waals surface area contributed by atoms with Crippen LogP contribution in [0.5, 0.6) is 5.75 Å². The molecule has 0 spiro atoms. The van der Waals surface area contributed by atoms with Gasteiger partial charge in [-0.05, 0) is 37.1 Å². The molecule has 0 N–H and O–H groups in total. The molecule has 2 amide bonds. The second-order valence-corrected chi connectivity index (χ2v) is 8.35. The lowest BCUT2D eigenvalue weighted by atomic mass is 9.94. The van der Waals surface area contributed by atoms with Gasteiger partial charge in [-0.3, -0.25) is 19.7 Å². The highest BCUT2D eigenvalue weighted by atomic mass is 16.6. The molecule has 33 heavy (non-hydrogen) atoms. The zero-order chi connectivity index (χ0) is 23.4. The van der Waals surface area contributed by atoms with Crippen LogP contribution in [0.25, 0.3) is 0 Å². The minimum absolute atomic E-state index is 0.0401. The second-order valence-electron chi connectivity index (χ2n) is 8.35. The summed E-state index contributed by atoms with van der Waals surface area (Å²) < 4.78 is 5.46. The summed E-state index contributed by atoms with van der Waals surface area (Å²) in [6, 6.07) is 13.6. The highest BCUT2D eigenvalue weighted by Gasteiger charge is 2.32. The first-order valence-electron chi connectivity index (χ1n) is 11.2. The molecule has 0 bridgehead atoms. The maximum absolute atomic E-state index is 13.1. The van der Waals surface area contributed by atoms with Gasteiger partial charge in [0.15, 0.2) is 0 Å². The largest absolute Gasteiger partial charge is 0.495 e. The number of nitro groups is 1. The van der Waals surface area contributed by atoms with E-state index < -0.39 is 4.92 Å². The highest BCUT2D eigenvalue weighted by Crippen LogP contribution is 2.29. The van der Waals surface area contributed by atoms with Crippen LogP contribution in [0.1, 0.15) is 23.2 Å². The number of piperidine rings is 1. The third-order valence-corrected chi connectivity index (χ3v) is 6.47. The van der Waals surface area contributed by atoms with E-state index in [-0.39, 0.29) is 23.4 Å². The van der Waals surface area contributed by atoms with Crippen LogP contribution in [0.3, 0.4) is 0 Å². The molecule has 2 aliphatic heterocycles. The number of piperazine rings is 1. The van der Waals surface area contributed by atoms with Crippen molar-refractivity contribution in [1.82, 2.24) is 9.80 Å². The van der Waals surface area contributed by atoms with Gasteiger partial charge < -0.3 is 19.4 Å². The third-order valence-electron chi connectivity index (χ3n) is 6.47. The fourth-order valence-electron chi connectivity index (χ4n) is 4.55. The topological polar surface area (TPSA) is 96.2 Å². The van der Waals surface area contributed by atoms with E-state index in [9.17, 15) is 19.7 Å². The zero-order valence-electron chi connectivity index (χ0n) is 18.7. The number of anilines is 1. The highest BCUT2D eigenvalue weighted by molar-refractivity contribution is 5.94. The molecule has 9 nitrogen and oxygen atoms in total. The molecule has 0 atom stereocenters. The van der Waals surface area contributed by atoms with Crippen molar-refractivity contribution in [2.75, 3.05) is 51.3 Å². The van der Waals surface area contributed by atoms with Crippen molar-refractivity contribution in [2.24, 2.45) is 5.92 Å². The van der Waals surface area contributed by atoms with Gasteiger partial charge in [-0.2, -0.15) is 0 Å². The van der Waals surface area contributed by atoms with Crippen molar-refractivity contribution < 1.29 is 19.2 Å². The van der Waals surface area contributed by atoms with Crippen LogP contribution >= 0.6 is 0 Å². The van der Waals surface area contributed by atoms with Crippen LogP contribution in [0.15, 0.2) is 48.5 Å². The summed E-state index contributed by atoms with van der Waals surface area (Å²) in [5.41, 5.74) is 1.43. The number of benzene rings is 2. The Bertz CT molecular complexity index is 1010. The van der Waals surface area contributed by atoms with Gasteiger partial charge in [-0.1, -0.05) is 12.1 Å². The third kappa shape index (κ3) is 4.92. The number of non-ortho nitro benzene ring substituents is 1. The fraction of sp³-hybridized carbons (Fsp3) is 0.417. The molecule has 0 radical (unpaired) electrons. The van der Waals surface area contributed by atoms with Crippen molar-refractivity contribution in [3.63, 3.8) is 0 Å². The molecule has 0 saturated carbocycles. The lowest BCUT2D eigenvalue weighted by Crippen LogP contribution is -2.52. The smallest absolute Gasteiger partial charge is 0.269 e. The molecule has 2 saturated heterocycles. The number of amides is 2. The first-order chi connectivity index (χ1) is 16.0. The van der Waals surface area contributed by atoms with Crippen LogP contribution in [0, 0.1) is 16.0 Å². The monoisotopic (exact) mass is 452 g/mol. The summed E-state index contributed by atoms with van der Waals surface area (Å²) in [6.07, 6.45) is 1.26. The molecule has 174 valence electrons. The van der Waals surface area contributed by atoms with E-state index in [0.29, 0.717) is 44.6 Å². The summed E-state index contributed by atoms with van der Waals surface area (Å²) in [5.74, 6) is 0.768. The van der Waals surface area contributed by atoms with Gasteiger partial charge in [0.2, 0.25) is 5.91 Å². The number of hydrogen-bond donors (Lipinski definition) is 0. The fourth-order valence-corrected chi connectivity index (χ4v) is 4.55. The number of methoxy groups -OCH3 is 1. The number of carbonyl (C=O) groups is 2. The van der Waals surface area contributed by atoms with Crippen molar-refractivity contribution in [3.05, 3.63) is 64.2 Å². The van der Waals surface area contributed by atoms with Gasteiger partial charge in [0, 0.05) is 62.9 Å². The lowest BCUT2D eigenvalue weighted by Gasteiger charge is -2.39. The summed E-state index contributed by atoms with van der Waals surface area (Å²) >= 11 is 0. The number of nitrogens with zero attached hydrogens (tertiary/aromatic N) is 4. The first kappa shape index (κ1) is 22.6. The molecule has 2 aromatic carbocycles. The van der Waals surface area contributed by atoms with E-state index in [2.05, 4.69) is 4.90 Å². The SMILES string of the molecule is COc1ccccc1N1CCN(C(=O)C2CCN(C(=O)c3ccc([N+](=O)[O-])cc3)CC2)CC1. The Balaban J connectivity index is 1.28. The van der Waals surface area contributed by atoms with Crippen LogP contribution in [-0.4, -0.2) is 72.9 Å². The Labute approximate surface area is 192 Å². The average Bonchev–Trinajstić information content (AvgIpc) is 2.88. The molecule has 2 aliphatic rings. The number of hydrogen-bond acceptors (Lipinski definition) is 6. The molecule has 0 unspecified atom stereocenters. The molecule has 2 aromatic rings. The molecule has 0 aromatic heterocycles. The summed E-state index contributed by atoms with van der Waals surface area (Å²) in [6.45, 7) is 3.85. The van der Waals surface area contributed by atoms with Crippen LogP contribution in [-0.2, 0) is 4.79 Å². The Morgan fingerprint density at radius 1 is 0.909 bits per heavy atom. The Morgan fingerprint density at radius 2 is 1.55 bits per heavy atom. The predicted molar refractivity (Wildman–Crippen MR) is 124 cm³/mol. The molecule has 9 heteroatoms. The van der Waals surface area contributed by atoms with Crippen molar-refractivity contribution in [2.45, 2.75) is 12.8 Å². The van der Waals surface area contributed by atoms with Gasteiger partial charge in [0.25, 0.3) is 11.6 Å². The molecular formula is C24H28N4O5. The lowest BCUT2D eigenvalue weighted by molar-refractivity contribution is -0.384. The maximum atomic E-state index is 13.1. The van der Waals surface area contributed by atoms with Gasteiger partial charge in [-0.15, -0.1) is 0 Å². The zero-order valence-corrected chi connectivity index (χ0v) is 18.7. The number of carbonyl (C=O) groups excluding carboxylic acids is 2. The van der Waals surface area contributed by atoms with Gasteiger partial charge in [-0.25, -0.2) is 0 Å². The van der Waals surface area contributed by atoms with Crippen LogP contribution in [0.2, 0.25) is 0 Å². The molecular weight excluding hydrogens is 424 g/mol. The molecule has 0 aliphatic carbocycles. The average molecular weight is 453 g/mol. The minimum Gasteiger partial charge on any atom is -0.495 e. The number of likely N-dealkylation sites (tertiary alicyclic amines) is 1. The standard InChI is InChI=1S/C24H28N4O5/c1-33-22-5-3-2-4-21(22)25-14-16-27(17-15-25)24(30)19-10-12-26(13-11-19)23(29)18-6-8-20(9-7-18)28(31)32/h2-9,19H,10-17H2,1H3. The maximum Gasteiger partial charge on any atom is 0.269 e. The van der Waals surface area contributed by atoms with Crippen molar-refractivity contribution in [1.29, 1.82) is 0 Å². The van der Waals surface area contributed by atoms with Gasteiger partial charge in [0.1, 0.15) is 5.75 Å². The van der Waals surface area contributed by atoms with E-state index in [4.69, 9.17) is 4.74 Å². The van der Waals surface area contributed by atoms with Gasteiger partial charge >= 0.3 is 0 Å². The summed E-state index contributed by atoms with van der Waals surface area (Å²) in [7, 11) is 1.66. The number of nitro benzene ring substituents is 1. The van der Waals surface area contributed by atoms with Crippen LogP contribution < -0.4 is 9.64 Å². The molecule has 2 fully saturated rings. The number of rotatable bonds is 5. The van der Waals surface area contributed by atoms with Crippen molar-refractivity contribution >= 4 is 23.2 Å². The Kier molecular flexibility index (Phi) is 6.76. The van der Waals surface area contributed by atoms with E-state index in [1.165, 1.54) is 24.3 Å². The predicted octanol–water partition coefficient (Wildman–Crippen LogP) is 2.80. The van der Waals surface area contributed by atoms with Gasteiger partial charge in [0.05, 0.1) is 17.7 Å². The van der Waals surface area contributed by atoms with E-state index in [0.717, 1.165) is 24.5 Å². The Morgan fingerprint density at radius 3 is 2.15 bits per heavy atom. The summed E-state index contributed by atoms with van der Waals surface area (Å²) in [5, 5.41) is 10.8. The normalized spacial score (nSPS) is 17.1. The second kappa shape index (κ2) is 9.89. The van der Waals surface area contributed by atoms with E-state index in [1.54, 1.807) is 12.0 Å². The first-order valence-corrected chi connectivity index (χ1v) is 11.2. The number of para-hydroxylation sites is 2. The minimum atomic E-state index is -0.485. The molecule has 4 rings (SSSR count). The van der Waals surface area contributed by atoms with E-state index in [1.807, 2.05) is 29.2 Å². The molecule has 2 heterocycles. The van der Waals surface area contributed by atoms with Crippen molar-refractivity contribution in [3.8, 4) is 5.75 Å². The quantitative estimate of drug-likeness (QED) is 0.511. The van der Waals surface area contributed by atoms with E-state index >= 15 is 0 Å².